The Morgan fingerprint density at radius 1 is 1.21 bits per heavy atom. The van der Waals surface area contributed by atoms with Crippen molar-refractivity contribution in [1.29, 1.82) is 5.26 Å². The molecule has 0 fully saturated rings. The Morgan fingerprint density at radius 3 is 2.58 bits per heavy atom. The Bertz CT molecular complexity index is 881. The van der Waals surface area contributed by atoms with E-state index < -0.39 is 0 Å². The molecule has 0 aliphatic heterocycles. The molecule has 120 valence electrons. The summed E-state index contributed by atoms with van der Waals surface area (Å²) in [7, 11) is 0. The fourth-order valence-corrected chi connectivity index (χ4v) is 3.29. The zero-order valence-electron chi connectivity index (χ0n) is 13.1. The first-order valence-corrected chi connectivity index (χ1v) is 8.48. The minimum absolute atomic E-state index is 0.0167. The minimum atomic E-state index is -0.0167. The maximum Gasteiger partial charge on any atom is 0.158 e. The highest BCUT2D eigenvalue weighted by atomic mass is 35.5. The van der Waals surface area contributed by atoms with Gasteiger partial charge in [0.05, 0.1) is 24.1 Å². The topological polar surface area (TPSA) is 74.5 Å². The van der Waals surface area contributed by atoms with Crippen LogP contribution < -0.4 is 5.32 Å². The van der Waals surface area contributed by atoms with E-state index in [2.05, 4.69) is 22.2 Å². The van der Waals surface area contributed by atoms with Crippen LogP contribution in [-0.2, 0) is 0 Å². The molecule has 1 unspecified atom stereocenters. The summed E-state index contributed by atoms with van der Waals surface area (Å²) < 4.78 is 0. The maximum absolute atomic E-state index is 8.76. The Morgan fingerprint density at radius 2 is 1.96 bits per heavy atom. The highest BCUT2D eigenvalue weighted by molar-refractivity contribution is 7.12. The van der Waals surface area contributed by atoms with Gasteiger partial charge in [0.2, 0.25) is 0 Å². The van der Waals surface area contributed by atoms with E-state index >= 15 is 0 Å². The number of nitriles is 1. The number of rotatable bonds is 4. The van der Waals surface area contributed by atoms with Gasteiger partial charge >= 0.3 is 0 Å². The van der Waals surface area contributed by atoms with Crippen LogP contribution in [0.25, 0.3) is 11.3 Å². The Labute approximate surface area is 149 Å². The quantitative estimate of drug-likeness (QED) is 0.739. The van der Waals surface area contributed by atoms with E-state index in [0.717, 1.165) is 21.1 Å². The molecular weight excluding hydrogens is 342 g/mol. The zero-order valence-corrected chi connectivity index (χ0v) is 14.7. The predicted octanol–water partition coefficient (Wildman–Crippen LogP) is 4.61. The lowest BCUT2D eigenvalue weighted by Crippen LogP contribution is -2.08. The average Bonchev–Trinajstić information content (AvgIpc) is 2.98. The number of anilines is 1. The van der Waals surface area contributed by atoms with Crippen molar-refractivity contribution < 1.29 is 0 Å². The third kappa shape index (κ3) is 3.53. The monoisotopic (exact) mass is 355 g/mol. The van der Waals surface area contributed by atoms with Gasteiger partial charge in [-0.1, -0.05) is 23.7 Å². The van der Waals surface area contributed by atoms with Crippen molar-refractivity contribution in [1.82, 2.24) is 15.0 Å². The summed E-state index contributed by atoms with van der Waals surface area (Å²) in [6, 6.07) is 9.60. The summed E-state index contributed by atoms with van der Waals surface area (Å²) >= 11 is 7.59. The lowest BCUT2D eigenvalue weighted by atomic mass is 10.1. The molecule has 0 spiro atoms. The number of benzene rings is 1. The number of hydrogen-bond donors (Lipinski definition) is 1. The van der Waals surface area contributed by atoms with E-state index in [1.54, 1.807) is 17.5 Å². The lowest BCUT2D eigenvalue weighted by molar-refractivity contribution is 0.858. The molecule has 0 bridgehead atoms. The molecule has 5 nitrogen and oxygen atoms in total. The van der Waals surface area contributed by atoms with Gasteiger partial charge in [0.1, 0.15) is 16.9 Å². The van der Waals surface area contributed by atoms with Crippen LogP contribution in [0.1, 0.15) is 28.5 Å². The average molecular weight is 356 g/mol. The summed E-state index contributed by atoms with van der Waals surface area (Å²) in [5, 5.41) is 13.7. The summed E-state index contributed by atoms with van der Waals surface area (Å²) in [5.41, 5.74) is 2.30. The molecule has 0 amide bonds. The standard InChI is InChI=1S/C17H14ClN5S/c1-10(22-15-9-20-14(7-19)8-21-15)17-23-16(11(2)24-17)12-3-5-13(18)6-4-12/h3-6,8-10H,1-2H3,(H,21,22). The fraction of sp³-hybridized carbons (Fsp3) is 0.176. The number of halogens is 1. The number of nitrogens with zero attached hydrogens (tertiary/aromatic N) is 4. The molecule has 0 aliphatic rings. The van der Waals surface area contributed by atoms with E-state index in [0.29, 0.717) is 16.5 Å². The molecule has 3 aromatic rings. The van der Waals surface area contributed by atoms with E-state index in [1.807, 2.05) is 37.3 Å². The van der Waals surface area contributed by atoms with Gasteiger partial charge in [0, 0.05) is 15.5 Å². The van der Waals surface area contributed by atoms with Crippen molar-refractivity contribution in [3.63, 3.8) is 0 Å². The Hall–Kier alpha value is -2.49. The lowest BCUT2D eigenvalue weighted by Gasteiger charge is -2.11. The third-order valence-electron chi connectivity index (χ3n) is 3.43. The van der Waals surface area contributed by atoms with Gasteiger partial charge < -0.3 is 5.32 Å². The molecule has 1 N–H and O–H groups in total. The van der Waals surface area contributed by atoms with Crippen LogP contribution in [0.15, 0.2) is 36.7 Å². The van der Waals surface area contributed by atoms with E-state index in [4.69, 9.17) is 21.8 Å². The normalized spacial score (nSPS) is 11.8. The van der Waals surface area contributed by atoms with Crippen LogP contribution in [0.5, 0.6) is 0 Å². The van der Waals surface area contributed by atoms with Gasteiger partial charge in [-0.3, -0.25) is 0 Å². The van der Waals surface area contributed by atoms with Crippen molar-refractivity contribution in [3.8, 4) is 17.3 Å². The second-order valence-corrected chi connectivity index (χ2v) is 6.90. The van der Waals surface area contributed by atoms with E-state index in [-0.39, 0.29) is 6.04 Å². The van der Waals surface area contributed by atoms with Crippen LogP contribution >= 0.6 is 22.9 Å². The zero-order chi connectivity index (χ0) is 17.1. The maximum atomic E-state index is 8.76. The van der Waals surface area contributed by atoms with Gasteiger partial charge in [0.15, 0.2) is 5.69 Å². The molecule has 3 rings (SSSR count). The molecule has 1 atom stereocenters. The molecule has 0 radical (unpaired) electrons. The first-order chi connectivity index (χ1) is 11.6. The number of thiazole rings is 1. The molecule has 24 heavy (non-hydrogen) atoms. The van der Waals surface area contributed by atoms with E-state index in [9.17, 15) is 0 Å². The first-order valence-electron chi connectivity index (χ1n) is 7.29. The number of aromatic nitrogens is 3. The van der Waals surface area contributed by atoms with Crippen LogP contribution in [0, 0.1) is 18.3 Å². The third-order valence-corrected chi connectivity index (χ3v) is 4.84. The largest absolute Gasteiger partial charge is 0.360 e. The highest BCUT2D eigenvalue weighted by Crippen LogP contribution is 2.32. The fourth-order valence-electron chi connectivity index (χ4n) is 2.22. The van der Waals surface area contributed by atoms with Crippen LogP contribution in [0.3, 0.4) is 0 Å². The number of nitrogens with one attached hydrogen (secondary N) is 1. The molecule has 7 heteroatoms. The first kappa shape index (κ1) is 16.4. The second-order valence-electron chi connectivity index (χ2n) is 5.23. The van der Waals surface area contributed by atoms with Gasteiger partial charge in [-0.2, -0.15) is 5.26 Å². The molecule has 0 aliphatic carbocycles. The smallest absolute Gasteiger partial charge is 0.158 e. The summed E-state index contributed by atoms with van der Waals surface area (Å²) in [6.45, 7) is 4.07. The molecule has 1 aromatic carbocycles. The van der Waals surface area contributed by atoms with Gasteiger partial charge in [0.25, 0.3) is 0 Å². The molecule has 2 aromatic heterocycles. The van der Waals surface area contributed by atoms with Crippen LogP contribution in [-0.4, -0.2) is 15.0 Å². The number of aryl methyl sites for hydroxylation is 1. The van der Waals surface area contributed by atoms with Gasteiger partial charge in [-0.15, -0.1) is 11.3 Å². The van der Waals surface area contributed by atoms with Crippen molar-refractivity contribution in [2.45, 2.75) is 19.9 Å². The Balaban J connectivity index is 1.80. The van der Waals surface area contributed by atoms with Gasteiger partial charge in [-0.25, -0.2) is 15.0 Å². The summed E-state index contributed by atoms with van der Waals surface area (Å²) in [6.07, 6.45) is 3.00. The highest BCUT2D eigenvalue weighted by Gasteiger charge is 2.15. The van der Waals surface area contributed by atoms with Crippen LogP contribution in [0.4, 0.5) is 5.82 Å². The Kier molecular flexibility index (Phi) is 4.74. The SMILES string of the molecule is Cc1sc(C(C)Nc2cnc(C#N)cn2)nc1-c1ccc(Cl)cc1. The predicted molar refractivity (Wildman–Crippen MR) is 96.1 cm³/mol. The molecule has 0 saturated heterocycles. The van der Waals surface area contributed by atoms with Crippen molar-refractivity contribution >= 4 is 28.8 Å². The minimum Gasteiger partial charge on any atom is -0.360 e. The van der Waals surface area contributed by atoms with Gasteiger partial charge in [-0.05, 0) is 26.0 Å². The molecular formula is C17H14ClN5S. The summed E-state index contributed by atoms with van der Waals surface area (Å²) in [5.74, 6) is 0.613. The van der Waals surface area contributed by atoms with Crippen molar-refractivity contribution in [3.05, 3.63) is 57.3 Å². The van der Waals surface area contributed by atoms with E-state index in [1.165, 1.54) is 6.20 Å². The van der Waals surface area contributed by atoms with Crippen molar-refractivity contribution in [2.24, 2.45) is 0 Å². The van der Waals surface area contributed by atoms with Crippen LogP contribution in [0.2, 0.25) is 5.02 Å². The number of hydrogen-bond acceptors (Lipinski definition) is 6. The molecule has 0 saturated carbocycles. The second kappa shape index (κ2) is 6.95. The molecule has 2 heterocycles. The summed E-state index contributed by atoms with van der Waals surface area (Å²) in [4.78, 5) is 14.1. The van der Waals surface area contributed by atoms with Crippen molar-refractivity contribution in [2.75, 3.05) is 5.32 Å².